The van der Waals surface area contributed by atoms with Gasteiger partial charge in [-0.1, -0.05) is 181 Å². The van der Waals surface area contributed by atoms with E-state index in [0.29, 0.717) is 11.3 Å². The zero-order valence-corrected chi connectivity index (χ0v) is 29.1. The molecule has 0 bridgehead atoms. The SMILES string of the molecule is [2H]c1c([2H])c([2H])c(-c2nc(-c3c([2H])c([2H])c([2H])c(-c4c([2H])c([2H])c([2H])c([2H])c4[2H])c3[2H])nc(-c3c([2H])c([2H])c([2H])c4c3sc3c(-c5c([2H])c([2H])c([2H])c(-c6c([2H])c([2H])c(-c7c([2H])c([2H])c(C)c([2H])c7[2H])c([2H])c6[2H])c5[2H])c([2H])c([2H])c([2H])c34)n2)c([2H])c1[2H]. The average Bonchev–Trinajstić information content (AvgIpc) is 2.22. The summed E-state index contributed by atoms with van der Waals surface area (Å²) in [5.41, 5.74) is -8.32. The maximum absolute atomic E-state index is 9.69. The topological polar surface area (TPSA) is 38.7 Å². The van der Waals surface area contributed by atoms with Gasteiger partial charge in [-0.15, -0.1) is 11.3 Å². The minimum atomic E-state index is -1.04. The highest BCUT2D eigenvalue weighted by molar-refractivity contribution is 7.26. The van der Waals surface area contributed by atoms with Gasteiger partial charge in [-0.3, -0.25) is 0 Å². The quantitative estimate of drug-likeness (QED) is 0.162. The maximum Gasteiger partial charge on any atom is 0.165 e. The number of thiophene rings is 1. The summed E-state index contributed by atoms with van der Waals surface area (Å²) in [6.45, 7) is 1.30. The monoisotopic (exact) mass is 765 g/mol. The summed E-state index contributed by atoms with van der Waals surface area (Å²) in [4.78, 5) is 13.2. The van der Waals surface area contributed by atoms with Crippen LogP contribution in [0.2, 0.25) is 0 Å². The lowest BCUT2D eigenvalue weighted by Gasteiger charge is -2.10. The van der Waals surface area contributed by atoms with Crippen LogP contribution in [0.25, 0.3) is 98.8 Å². The van der Waals surface area contributed by atoms with E-state index in [0.717, 1.165) is 0 Å². The molecule has 56 heavy (non-hydrogen) atoms. The van der Waals surface area contributed by atoms with Crippen LogP contribution in [-0.2, 0) is 0 Å². The first-order chi connectivity index (χ1) is 41.0. The fourth-order valence-corrected chi connectivity index (χ4v) is 6.68. The lowest BCUT2D eigenvalue weighted by Crippen LogP contribution is -2.00. The molecule has 0 fully saturated rings. The molecular weight excluding hydrogens is 699 g/mol. The van der Waals surface area contributed by atoms with E-state index in [1.807, 2.05) is 0 Å². The maximum atomic E-state index is 9.69. The summed E-state index contributed by atoms with van der Waals surface area (Å²) in [5.74, 6) is -2.61. The Morgan fingerprint density at radius 2 is 0.750 bits per heavy atom. The lowest BCUT2D eigenvalue weighted by atomic mass is 9.96. The van der Waals surface area contributed by atoms with Crippen molar-refractivity contribution < 1.29 is 43.9 Å². The molecule has 0 saturated carbocycles. The molecule has 0 unspecified atom stereocenters. The van der Waals surface area contributed by atoms with Crippen molar-refractivity contribution in [3.63, 3.8) is 0 Å². The van der Waals surface area contributed by atoms with Crippen LogP contribution < -0.4 is 0 Å². The standard InChI is InChI=1S/C52H35N3S/c1-34-24-26-36(27-25-34)37-28-30-38(31-29-37)40-16-8-18-42(32-40)44-20-10-21-45-46-22-11-23-47(49(46)56-48(44)45)52-54-50(39-14-6-3-7-15-39)53-51(55-52)43-19-9-17-41(33-43)35-12-4-2-5-13-35/h2-33H,1H3/i2D,3D,4D,5D,6D,7D,8D,9D,10D,11D,12D,13D,14D,15D,16D,17D,18D,19D,20D,21D,22D,23D,24D,25D,26D,27D,28D,29D,30D,31D,32D,33D. The lowest BCUT2D eigenvalue weighted by molar-refractivity contribution is 1.08. The Bertz CT molecular complexity index is 4790. The molecule has 8 aromatic carbocycles. The number of hydrogen-bond acceptors (Lipinski definition) is 4. The predicted octanol–water partition coefficient (Wildman–Crippen LogP) is 14.2. The van der Waals surface area contributed by atoms with Crippen molar-refractivity contribution in [1.29, 1.82) is 0 Å². The highest BCUT2D eigenvalue weighted by atomic mass is 32.1. The summed E-state index contributed by atoms with van der Waals surface area (Å²) in [7, 11) is 0. The van der Waals surface area contributed by atoms with Gasteiger partial charge < -0.3 is 0 Å². The van der Waals surface area contributed by atoms with Crippen molar-refractivity contribution >= 4 is 31.5 Å². The first-order valence-electron chi connectivity index (χ1n) is 32.2. The van der Waals surface area contributed by atoms with Crippen molar-refractivity contribution in [2.24, 2.45) is 0 Å². The fraction of sp³-hybridized carbons (Fsp3) is 0.0192. The summed E-state index contributed by atoms with van der Waals surface area (Å²) >= 11 is 0.456. The Hall–Kier alpha value is -7.01. The van der Waals surface area contributed by atoms with Gasteiger partial charge in [0.2, 0.25) is 0 Å². The van der Waals surface area contributed by atoms with Crippen LogP contribution in [-0.4, -0.2) is 15.0 Å². The zero-order valence-electron chi connectivity index (χ0n) is 60.2. The van der Waals surface area contributed by atoms with Crippen LogP contribution in [0.3, 0.4) is 0 Å². The van der Waals surface area contributed by atoms with Gasteiger partial charge in [0, 0.05) is 36.9 Å². The van der Waals surface area contributed by atoms with Crippen LogP contribution in [0.15, 0.2) is 193 Å². The van der Waals surface area contributed by atoms with Gasteiger partial charge in [-0.25, -0.2) is 15.0 Å². The van der Waals surface area contributed by atoms with E-state index in [1.165, 1.54) is 6.92 Å². The zero-order chi connectivity index (χ0) is 65.3. The number of aromatic nitrogens is 3. The molecule has 0 spiro atoms. The van der Waals surface area contributed by atoms with Crippen molar-refractivity contribution in [1.82, 2.24) is 15.0 Å². The molecule has 0 aliphatic heterocycles. The third kappa shape index (κ3) is 6.36. The van der Waals surface area contributed by atoms with Crippen molar-refractivity contribution in [2.75, 3.05) is 0 Å². The molecule has 0 aliphatic rings. The summed E-state index contributed by atoms with van der Waals surface area (Å²) < 4.78 is 284. The Kier molecular flexibility index (Phi) is 3.57. The molecule has 0 aliphatic carbocycles. The molecule has 2 aromatic heterocycles. The Morgan fingerprint density at radius 3 is 1.39 bits per heavy atom. The minimum Gasteiger partial charge on any atom is -0.208 e. The van der Waals surface area contributed by atoms with Gasteiger partial charge in [0.25, 0.3) is 0 Å². The van der Waals surface area contributed by atoms with Crippen molar-refractivity contribution in [3.8, 4) is 78.7 Å². The van der Waals surface area contributed by atoms with Crippen LogP contribution >= 0.6 is 11.3 Å². The number of nitrogens with zero attached hydrogens (tertiary/aromatic N) is 3. The molecule has 0 atom stereocenters. The second kappa shape index (κ2) is 14.3. The number of hydrogen-bond donors (Lipinski definition) is 0. The molecule has 0 radical (unpaired) electrons. The van der Waals surface area contributed by atoms with E-state index < -0.39 is 288 Å². The Morgan fingerprint density at radius 1 is 0.339 bits per heavy atom. The Balaban J connectivity index is 1.33. The Labute approximate surface area is 375 Å². The van der Waals surface area contributed by atoms with Crippen LogP contribution in [0.4, 0.5) is 0 Å². The number of rotatable bonds is 7. The van der Waals surface area contributed by atoms with E-state index >= 15 is 0 Å². The molecule has 0 saturated heterocycles. The smallest absolute Gasteiger partial charge is 0.165 e. The van der Waals surface area contributed by atoms with Crippen LogP contribution in [0.5, 0.6) is 0 Å². The second-order valence-corrected chi connectivity index (χ2v) is 12.6. The number of fused-ring (bicyclic) bond motifs is 3. The second-order valence-electron chi connectivity index (χ2n) is 11.6. The van der Waals surface area contributed by atoms with Gasteiger partial charge in [0.1, 0.15) is 0 Å². The average molecular weight is 766 g/mol. The van der Waals surface area contributed by atoms with Gasteiger partial charge in [0.05, 0.1) is 43.9 Å². The summed E-state index contributed by atoms with van der Waals surface area (Å²) in [6.07, 6.45) is 0. The molecule has 4 heteroatoms. The molecule has 3 nitrogen and oxygen atoms in total. The van der Waals surface area contributed by atoms with Crippen molar-refractivity contribution in [2.45, 2.75) is 6.92 Å². The predicted molar refractivity (Wildman–Crippen MR) is 236 cm³/mol. The first kappa shape index (κ1) is 13.9. The molecular formula is C52H35N3S. The van der Waals surface area contributed by atoms with E-state index in [-0.39, 0.29) is 10.3 Å². The van der Waals surface area contributed by atoms with Gasteiger partial charge >= 0.3 is 0 Å². The largest absolute Gasteiger partial charge is 0.208 e. The van der Waals surface area contributed by atoms with Crippen molar-refractivity contribution in [3.05, 3.63) is 199 Å². The molecule has 264 valence electrons. The number of benzene rings is 8. The molecule has 0 amide bonds. The minimum absolute atomic E-state index is 0.0848. The van der Waals surface area contributed by atoms with Gasteiger partial charge in [-0.2, -0.15) is 0 Å². The highest BCUT2D eigenvalue weighted by Crippen LogP contribution is 2.44. The van der Waals surface area contributed by atoms with E-state index in [1.54, 1.807) is 0 Å². The summed E-state index contributed by atoms with van der Waals surface area (Å²) in [6, 6.07) is -29.2. The normalized spacial score (nSPS) is 19.3. The van der Waals surface area contributed by atoms with Gasteiger partial charge in [-0.05, 0) is 69.6 Å². The molecule has 2 heterocycles. The summed E-state index contributed by atoms with van der Waals surface area (Å²) in [5, 5.41) is -0.943. The van der Waals surface area contributed by atoms with E-state index in [9.17, 15) is 12.3 Å². The molecule has 0 N–H and O–H groups in total. The van der Waals surface area contributed by atoms with E-state index in [4.69, 9.17) is 31.5 Å². The third-order valence-electron chi connectivity index (χ3n) is 8.04. The molecule has 10 aromatic rings. The third-order valence-corrected chi connectivity index (χ3v) is 9.27. The highest BCUT2D eigenvalue weighted by Gasteiger charge is 2.18. The fourth-order valence-electron chi connectivity index (χ4n) is 5.47. The van der Waals surface area contributed by atoms with Crippen LogP contribution in [0, 0.1) is 6.92 Å². The van der Waals surface area contributed by atoms with Gasteiger partial charge in [0.15, 0.2) is 17.5 Å². The van der Waals surface area contributed by atoms with E-state index in [2.05, 4.69) is 15.0 Å². The first-order valence-corrected chi connectivity index (χ1v) is 17.1. The van der Waals surface area contributed by atoms with Crippen LogP contribution in [0.1, 0.15) is 49.4 Å². The molecule has 10 rings (SSSR count).